The summed E-state index contributed by atoms with van der Waals surface area (Å²) in [5.41, 5.74) is 0.908. The van der Waals surface area contributed by atoms with Gasteiger partial charge in [0.2, 0.25) is 5.91 Å². The van der Waals surface area contributed by atoms with Gasteiger partial charge in [0, 0.05) is 11.5 Å². The molecule has 0 saturated heterocycles. The Kier molecular flexibility index (Phi) is 5.01. The summed E-state index contributed by atoms with van der Waals surface area (Å²) in [6.45, 7) is 5.66. The third-order valence-corrected chi connectivity index (χ3v) is 2.79. The molecule has 4 nitrogen and oxygen atoms in total. The van der Waals surface area contributed by atoms with E-state index >= 15 is 0 Å². The van der Waals surface area contributed by atoms with Crippen LogP contribution in [0.25, 0.3) is 0 Å². The van der Waals surface area contributed by atoms with Crippen LogP contribution < -0.4 is 14.8 Å². The Bertz CT molecular complexity index is 416. The van der Waals surface area contributed by atoms with Gasteiger partial charge in [0.1, 0.15) is 11.5 Å². The first-order valence-corrected chi connectivity index (χ1v) is 6.01. The van der Waals surface area contributed by atoms with Crippen molar-refractivity contribution >= 4 is 5.91 Å². The van der Waals surface area contributed by atoms with E-state index in [9.17, 15) is 4.79 Å². The Balaban J connectivity index is 2.95. The molecule has 0 aliphatic rings. The molecule has 0 aromatic heterocycles. The normalized spacial score (nSPS) is 12.1. The van der Waals surface area contributed by atoms with Crippen LogP contribution in [-0.4, -0.2) is 20.1 Å². The van der Waals surface area contributed by atoms with Gasteiger partial charge in [-0.3, -0.25) is 4.79 Å². The maximum absolute atomic E-state index is 11.7. The molecule has 18 heavy (non-hydrogen) atoms. The lowest BCUT2D eigenvalue weighted by atomic mass is 10.1. The van der Waals surface area contributed by atoms with Gasteiger partial charge in [-0.1, -0.05) is 13.8 Å². The monoisotopic (exact) mass is 251 g/mol. The average molecular weight is 251 g/mol. The van der Waals surface area contributed by atoms with Crippen molar-refractivity contribution < 1.29 is 14.3 Å². The van der Waals surface area contributed by atoms with Gasteiger partial charge in [0.05, 0.1) is 20.3 Å². The van der Waals surface area contributed by atoms with E-state index in [1.165, 1.54) is 0 Å². The Morgan fingerprint density at radius 1 is 1.17 bits per heavy atom. The fourth-order valence-electron chi connectivity index (χ4n) is 1.64. The molecule has 0 bridgehead atoms. The summed E-state index contributed by atoms with van der Waals surface area (Å²) in [6, 6.07) is 5.43. The van der Waals surface area contributed by atoms with Gasteiger partial charge in [-0.25, -0.2) is 0 Å². The highest BCUT2D eigenvalue weighted by molar-refractivity contribution is 5.78. The Morgan fingerprint density at radius 3 is 2.33 bits per heavy atom. The van der Waals surface area contributed by atoms with E-state index in [0.717, 1.165) is 17.1 Å². The molecule has 0 saturated carbocycles. The number of methoxy groups -OCH3 is 2. The van der Waals surface area contributed by atoms with Gasteiger partial charge in [0.15, 0.2) is 0 Å². The first kappa shape index (κ1) is 14.4. The molecule has 1 rings (SSSR count). The number of hydrogen-bond donors (Lipinski definition) is 1. The topological polar surface area (TPSA) is 47.6 Å². The molecule has 1 atom stereocenters. The molecule has 0 heterocycles. The van der Waals surface area contributed by atoms with Crippen LogP contribution >= 0.6 is 0 Å². The Hall–Kier alpha value is -1.71. The van der Waals surface area contributed by atoms with Crippen LogP contribution in [-0.2, 0) is 4.79 Å². The third-order valence-electron chi connectivity index (χ3n) is 2.79. The van der Waals surface area contributed by atoms with Gasteiger partial charge in [0.25, 0.3) is 0 Å². The highest BCUT2D eigenvalue weighted by Crippen LogP contribution is 2.29. The fourth-order valence-corrected chi connectivity index (χ4v) is 1.64. The van der Waals surface area contributed by atoms with E-state index in [1.54, 1.807) is 14.2 Å². The van der Waals surface area contributed by atoms with Crippen molar-refractivity contribution in [3.63, 3.8) is 0 Å². The molecular formula is C14H21NO3. The SMILES string of the molecule is COc1ccc(OC)c([C@@H](C)NC(=O)C(C)C)c1. The number of carbonyl (C=O) groups is 1. The molecule has 1 amide bonds. The summed E-state index contributed by atoms with van der Waals surface area (Å²) in [6.07, 6.45) is 0. The van der Waals surface area contributed by atoms with Crippen LogP contribution in [0.4, 0.5) is 0 Å². The lowest BCUT2D eigenvalue weighted by molar-refractivity contribution is -0.124. The number of ether oxygens (including phenoxy) is 2. The Morgan fingerprint density at radius 2 is 1.83 bits per heavy atom. The fraction of sp³-hybridized carbons (Fsp3) is 0.500. The lowest BCUT2D eigenvalue weighted by Gasteiger charge is -2.19. The summed E-state index contributed by atoms with van der Waals surface area (Å²) < 4.78 is 10.5. The first-order valence-electron chi connectivity index (χ1n) is 6.01. The molecule has 0 radical (unpaired) electrons. The predicted molar refractivity (Wildman–Crippen MR) is 70.9 cm³/mol. The number of carbonyl (C=O) groups excluding carboxylic acids is 1. The number of rotatable bonds is 5. The maximum Gasteiger partial charge on any atom is 0.223 e. The molecule has 1 aromatic rings. The standard InChI is InChI=1S/C14H21NO3/c1-9(2)14(16)15-10(3)12-8-11(17-4)6-7-13(12)18-5/h6-10H,1-5H3,(H,15,16)/t10-/m1/s1. The quantitative estimate of drug-likeness (QED) is 0.874. The van der Waals surface area contributed by atoms with Crippen LogP contribution in [0.1, 0.15) is 32.4 Å². The highest BCUT2D eigenvalue weighted by Gasteiger charge is 2.16. The molecule has 0 spiro atoms. The highest BCUT2D eigenvalue weighted by atomic mass is 16.5. The van der Waals surface area contributed by atoms with Gasteiger partial charge >= 0.3 is 0 Å². The van der Waals surface area contributed by atoms with Crippen LogP contribution in [0, 0.1) is 5.92 Å². The molecular weight excluding hydrogens is 230 g/mol. The van der Waals surface area contributed by atoms with Crippen molar-refractivity contribution in [2.75, 3.05) is 14.2 Å². The van der Waals surface area contributed by atoms with Crippen molar-refractivity contribution in [3.05, 3.63) is 23.8 Å². The van der Waals surface area contributed by atoms with Crippen LogP contribution in [0.5, 0.6) is 11.5 Å². The summed E-state index contributed by atoms with van der Waals surface area (Å²) in [5.74, 6) is 1.47. The second-order valence-corrected chi connectivity index (χ2v) is 4.49. The first-order chi connectivity index (χ1) is 8.49. The van der Waals surface area contributed by atoms with Crippen molar-refractivity contribution in [2.45, 2.75) is 26.8 Å². The molecule has 0 unspecified atom stereocenters. The second-order valence-electron chi connectivity index (χ2n) is 4.49. The Labute approximate surface area is 108 Å². The zero-order valence-electron chi connectivity index (χ0n) is 11.6. The lowest BCUT2D eigenvalue weighted by Crippen LogP contribution is -2.30. The zero-order chi connectivity index (χ0) is 13.7. The minimum Gasteiger partial charge on any atom is -0.497 e. The van der Waals surface area contributed by atoms with E-state index in [-0.39, 0.29) is 17.9 Å². The molecule has 4 heteroatoms. The van der Waals surface area contributed by atoms with Crippen molar-refractivity contribution in [1.82, 2.24) is 5.32 Å². The molecule has 0 aliphatic heterocycles. The predicted octanol–water partition coefficient (Wildman–Crippen LogP) is 2.54. The minimum absolute atomic E-state index is 0.0207. The van der Waals surface area contributed by atoms with E-state index in [2.05, 4.69) is 5.32 Å². The van der Waals surface area contributed by atoms with E-state index in [4.69, 9.17) is 9.47 Å². The van der Waals surface area contributed by atoms with E-state index in [0.29, 0.717) is 0 Å². The summed E-state index contributed by atoms with van der Waals surface area (Å²) >= 11 is 0. The van der Waals surface area contributed by atoms with Crippen LogP contribution in [0.15, 0.2) is 18.2 Å². The molecule has 100 valence electrons. The molecule has 0 aliphatic carbocycles. The van der Waals surface area contributed by atoms with Gasteiger partial charge in [-0.2, -0.15) is 0 Å². The number of benzene rings is 1. The third kappa shape index (κ3) is 3.39. The summed E-state index contributed by atoms with van der Waals surface area (Å²) in [7, 11) is 3.23. The number of nitrogens with one attached hydrogen (secondary N) is 1. The molecule has 0 fully saturated rings. The van der Waals surface area contributed by atoms with Crippen molar-refractivity contribution in [2.24, 2.45) is 5.92 Å². The van der Waals surface area contributed by atoms with Gasteiger partial charge in [-0.05, 0) is 25.1 Å². The van der Waals surface area contributed by atoms with E-state index in [1.807, 2.05) is 39.0 Å². The smallest absolute Gasteiger partial charge is 0.223 e. The number of hydrogen-bond acceptors (Lipinski definition) is 3. The summed E-state index contributed by atoms with van der Waals surface area (Å²) in [5, 5.41) is 2.95. The van der Waals surface area contributed by atoms with Crippen LogP contribution in [0.2, 0.25) is 0 Å². The van der Waals surface area contributed by atoms with Crippen molar-refractivity contribution in [3.8, 4) is 11.5 Å². The van der Waals surface area contributed by atoms with Gasteiger partial charge in [-0.15, -0.1) is 0 Å². The van der Waals surface area contributed by atoms with Crippen LogP contribution in [0.3, 0.4) is 0 Å². The van der Waals surface area contributed by atoms with Gasteiger partial charge < -0.3 is 14.8 Å². The summed E-state index contributed by atoms with van der Waals surface area (Å²) in [4.78, 5) is 11.7. The van der Waals surface area contributed by atoms with Crippen molar-refractivity contribution in [1.29, 1.82) is 0 Å². The molecule has 1 N–H and O–H groups in total. The minimum atomic E-state index is -0.120. The van der Waals surface area contributed by atoms with E-state index < -0.39 is 0 Å². The largest absolute Gasteiger partial charge is 0.497 e. The average Bonchev–Trinajstić information content (AvgIpc) is 2.37. The molecule has 1 aromatic carbocycles. The second kappa shape index (κ2) is 6.28. The number of amides is 1. The zero-order valence-corrected chi connectivity index (χ0v) is 11.6. The maximum atomic E-state index is 11.7.